The third kappa shape index (κ3) is 5.15. The monoisotopic (exact) mass is 387 g/mol. The van der Waals surface area contributed by atoms with Gasteiger partial charge < -0.3 is 10.1 Å². The number of benzene rings is 2. The van der Waals surface area contributed by atoms with Crippen molar-refractivity contribution in [3.05, 3.63) is 101 Å². The van der Waals surface area contributed by atoms with Gasteiger partial charge in [0.1, 0.15) is 0 Å². The highest BCUT2D eigenvalue weighted by atomic mass is 16.5. The Balaban J connectivity index is 1.31. The lowest BCUT2D eigenvalue weighted by molar-refractivity contribution is -0.123. The molecule has 1 unspecified atom stereocenters. The van der Waals surface area contributed by atoms with Crippen LogP contribution in [0, 0.1) is 0 Å². The van der Waals surface area contributed by atoms with Crippen LogP contribution in [0.15, 0.2) is 79.0 Å². The Kier molecular flexibility index (Phi) is 6.42. The van der Waals surface area contributed by atoms with Crippen molar-refractivity contribution in [1.82, 2.24) is 15.2 Å². The third-order valence-corrected chi connectivity index (χ3v) is 5.12. The molecule has 1 N–H and O–H groups in total. The van der Waals surface area contributed by atoms with Crippen LogP contribution in [0.25, 0.3) is 0 Å². The van der Waals surface area contributed by atoms with Gasteiger partial charge >= 0.3 is 0 Å². The van der Waals surface area contributed by atoms with Crippen LogP contribution in [-0.2, 0) is 29.2 Å². The Bertz CT molecular complexity index is 900. The summed E-state index contributed by atoms with van der Waals surface area (Å²) in [6.45, 7) is 2.93. The summed E-state index contributed by atoms with van der Waals surface area (Å²) in [6, 6.07) is 24.5. The van der Waals surface area contributed by atoms with Crippen molar-refractivity contribution in [2.24, 2.45) is 0 Å². The number of hydrogen-bond acceptors (Lipinski definition) is 5. The zero-order valence-electron chi connectivity index (χ0n) is 16.3. The van der Waals surface area contributed by atoms with E-state index in [0.717, 1.165) is 30.6 Å². The van der Waals surface area contributed by atoms with Gasteiger partial charge in [-0.05, 0) is 28.8 Å². The molecule has 0 amide bonds. The van der Waals surface area contributed by atoms with Crippen molar-refractivity contribution in [1.29, 1.82) is 0 Å². The molecule has 0 radical (unpaired) electrons. The molecule has 0 saturated carbocycles. The lowest BCUT2D eigenvalue weighted by atomic mass is 10.1. The van der Waals surface area contributed by atoms with Gasteiger partial charge in [0.15, 0.2) is 12.5 Å². The molecule has 1 fully saturated rings. The van der Waals surface area contributed by atoms with Crippen molar-refractivity contribution < 1.29 is 9.53 Å². The normalized spacial score (nSPS) is 19.3. The maximum absolute atomic E-state index is 11.5. The Morgan fingerprint density at radius 2 is 1.72 bits per heavy atom. The molecule has 0 bridgehead atoms. The first-order chi connectivity index (χ1) is 14.3. The first-order valence-electron chi connectivity index (χ1n) is 9.90. The van der Waals surface area contributed by atoms with Crippen LogP contribution in [0.2, 0.25) is 0 Å². The van der Waals surface area contributed by atoms with Crippen molar-refractivity contribution in [3.63, 3.8) is 0 Å². The summed E-state index contributed by atoms with van der Waals surface area (Å²) in [5.41, 5.74) is 4.53. The first-order valence-corrected chi connectivity index (χ1v) is 9.90. The maximum atomic E-state index is 11.5. The topological polar surface area (TPSA) is 54.5 Å². The number of nitrogens with zero attached hydrogens (tertiary/aromatic N) is 2. The fraction of sp³-hybridized carbons (Fsp3) is 0.250. The summed E-state index contributed by atoms with van der Waals surface area (Å²) in [7, 11) is 0. The van der Waals surface area contributed by atoms with Gasteiger partial charge in [0.25, 0.3) is 0 Å². The van der Waals surface area contributed by atoms with Crippen LogP contribution in [0.1, 0.15) is 28.5 Å². The number of carbonyl (C=O) groups excluding carboxylic acids is 1. The summed E-state index contributed by atoms with van der Waals surface area (Å²) in [5.74, 6) is 0. The molecule has 4 rings (SSSR count). The van der Waals surface area contributed by atoms with Gasteiger partial charge in [0.05, 0.1) is 11.8 Å². The Morgan fingerprint density at radius 3 is 2.45 bits per heavy atom. The molecule has 1 aliphatic rings. The standard InChI is InChI=1S/C24H25N3O2/c28-18-24-27(17-23(29-24)21-6-2-1-3-7-21)16-20-11-9-19(10-12-20)14-25-15-22-8-4-5-13-26-22/h1-13,18,23-25H,14-17H2/t23-,24?/m0/s1. The highest BCUT2D eigenvalue weighted by molar-refractivity contribution is 5.56. The molecule has 2 aromatic carbocycles. The molecule has 2 atom stereocenters. The van der Waals surface area contributed by atoms with Crippen molar-refractivity contribution in [2.75, 3.05) is 6.54 Å². The third-order valence-electron chi connectivity index (χ3n) is 5.12. The summed E-state index contributed by atoms with van der Waals surface area (Å²) < 4.78 is 5.94. The molecule has 5 nitrogen and oxygen atoms in total. The summed E-state index contributed by atoms with van der Waals surface area (Å²) in [4.78, 5) is 17.9. The lowest BCUT2D eigenvalue weighted by Crippen LogP contribution is -2.30. The number of pyridine rings is 1. The fourth-order valence-corrected chi connectivity index (χ4v) is 3.57. The van der Waals surface area contributed by atoms with Crippen molar-refractivity contribution >= 4 is 6.29 Å². The van der Waals surface area contributed by atoms with E-state index in [2.05, 4.69) is 39.5 Å². The number of aromatic nitrogens is 1. The second-order valence-electron chi connectivity index (χ2n) is 7.23. The van der Waals surface area contributed by atoms with Crippen LogP contribution in [0.5, 0.6) is 0 Å². The van der Waals surface area contributed by atoms with E-state index < -0.39 is 6.23 Å². The molecule has 5 heteroatoms. The number of carbonyl (C=O) groups is 1. The summed E-state index contributed by atoms with van der Waals surface area (Å²) >= 11 is 0. The lowest BCUT2D eigenvalue weighted by Gasteiger charge is -2.18. The number of ether oxygens (including phenoxy) is 1. The van der Waals surface area contributed by atoms with E-state index in [1.165, 1.54) is 11.1 Å². The van der Waals surface area contributed by atoms with Crippen molar-refractivity contribution in [3.8, 4) is 0 Å². The highest BCUT2D eigenvalue weighted by Gasteiger charge is 2.33. The molecule has 2 heterocycles. The predicted molar refractivity (Wildman–Crippen MR) is 112 cm³/mol. The van der Waals surface area contributed by atoms with E-state index in [1.54, 1.807) is 0 Å². The van der Waals surface area contributed by atoms with E-state index in [1.807, 2.05) is 54.7 Å². The minimum atomic E-state index is -0.500. The number of hydrogen-bond donors (Lipinski definition) is 1. The quantitative estimate of drug-likeness (QED) is 0.600. The second-order valence-corrected chi connectivity index (χ2v) is 7.23. The van der Waals surface area contributed by atoms with Crippen LogP contribution < -0.4 is 5.32 Å². The largest absolute Gasteiger partial charge is 0.347 e. The van der Waals surface area contributed by atoms with E-state index in [9.17, 15) is 4.79 Å². The van der Waals surface area contributed by atoms with Crippen LogP contribution in [-0.4, -0.2) is 28.9 Å². The zero-order chi connectivity index (χ0) is 19.9. The smallest absolute Gasteiger partial charge is 0.168 e. The molecule has 0 spiro atoms. The van der Waals surface area contributed by atoms with E-state index in [0.29, 0.717) is 13.1 Å². The highest BCUT2D eigenvalue weighted by Crippen LogP contribution is 2.29. The average molecular weight is 387 g/mol. The van der Waals surface area contributed by atoms with E-state index in [-0.39, 0.29) is 6.10 Å². The zero-order valence-corrected chi connectivity index (χ0v) is 16.3. The first kappa shape index (κ1) is 19.5. The van der Waals surface area contributed by atoms with Gasteiger partial charge in [-0.3, -0.25) is 14.7 Å². The number of aldehydes is 1. The molecular weight excluding hydrogens is 362 g/mol. The van der Waals surface area contributed by atoms with E-state index in [4.69, 9.17) is 4.74 Å². The Labute approximate surface area is 171 Å². The fourth-order valence-electron chi connectivity index (χ4n) is 3.57. The number of nitrogens with one attached hydrogen (secondary N) is 1. The van der Waals surface area contributed by atoms with E-state index >= 15 is 0 Å². The molecule has 3 aromatic rings. The van der Waals surface area contributed by atoms with Crippen LogP contribution in [0.3, 0.4) is 0 Å². The maximum Gasteiger partial charge on any atom is 0.168 e. The molecule has 1 saturated heterocycles. The molecule has 1 aromatic heterocycles. The van der Waals surface area contributed by atoms with Crippen LogP contribution in [0.4, 0.5) is 0 Å². The predicted octanol–water partition coefficient (Wildman–Crippen LogP) is 3.47. The second kappa shape index (κ2) is 9.56. The minimum absolute atomic E-state index is 0.0681. The van der Waals surface area contributed by atoms with Crippen LogP contribution >= 0.6 is 0 Å². The molecule has 1 aliphatic heterocycles. The molecule has 148 valence electrons. The van der Waals surface area contributed by atoms with Gasteiger partial charge in [-0.1, -0.05) is 60.7 Å². The average Bonchev–Trinajstić information content (AvgIpc) is 3.19. The van der Waals surface area contributed by atoms with Gasteiger partial charge in [0, 0.05) is 32.4 Å². The Hall–Kier alpha value is -2.86. The molecular formula is C24H25N3O2. The van der Waals surface area contributed by atoms with Gasteiger partial charge in [0.2, 0.25) is 0 Å². The molecule has 0 aliphatic carbocycles. The molecule has 29 heavy (non-hydrogen) atoms. The SMILES string of the molecule is O=CC1O[C@H](c2ccccc2)CN1Cc1ccc(CNCc2ccccn2)cc1. The summed E-state index contributed by atoms with van der Waals surface area (Å²) in [5, 5.41) is 3.41. The van der Waals surface area contributed by atoms with Gasteiger partial charge in [-0.2, -0.15) is 0 Å². The Morgan fingerprint density at radius 1 is 0.966 bits per heavy atom. The van der Waals surface area contributed by atoms with Gasteiger partial charge in [-0.15, -0.1) is 0 Å². The van der Waals surface area contributed by atoms with Gasteiger partial charge in [-0.25, -0.2) is 0 Å². The summed E-state index contributed by atoms with van der Waals surface area (Å²) in [6.07, 6.45) is 2.13. The number of rotatable bonds is 8. The minimum Gasteiger partial charge on any atom is -0.347 e. The van der Waals surface area contributed by atoms with Crippen molar-refractivity contribution in [2.45, 2.75) is 32.0 Å².